The van der Waals surface area contributed by atoms with Crippen LogP contribution in [-0.4, -0.2) is 38.5 Å². The minimum atomic E-state index is -0.217. The maximum atomic E-state index is 13.5. The van der Waals surface area contributed by atoms with Crippen molar-refractivity contribution in [3.05, 3.63) is 71.5 Å². The Morgan fingerprint density at radius 1 is 1.08 bits per heavy atom. The molecule has 0 aliphatic carbocycles. The van der Waals surface area contributed by atoms with Crippen LogP contribution in [0.25, 0.3) is 0 Å². The normalized spacial score (nSPS) is 13.0. The second-order valence-corrected chi connectivity index (χ2v) is 5.83. The van der Waals surface area contributed by atoms with Crippen molar-refractivity contribution in [3.63, 3.8) is 0 Å². The molecular weight excluding hydrogens is 303 g/mol. The lowest BCUT2D eigenvalue weighted by molar-refractivity contribution is 0.297. The highest BCUT2D eigenvalue weighted by Gasteiger charge is 2.15. The van der Waals surface area contributed by atoms with Gasteiger partial charge in [0, 0.05) is 20.1 Å². The quantitative estimate of drug-likeness (QED) is 0.633. The van der Waals surface area contributed by atoms with Crippen LogP contribution < -0.4 is 10.6 Å². The molecule has 1 unspecified atom stereocenters. The molecule has 128 valence electrons. The van der Waals surface area contributed by atoms with Gasteiger partial charge in [-0.15, -0.1) is 0 Å². The van der Waals surface area contributed by atoms with Crippen molar-refractivity contribution in [2.75, 3.05) is 27.7 Å². The predicted octanol–water partition coefficient (Wildman–Crippen LogP) is 2.79. The summed E-state index contributed by atoms with van der Waals surface area (Å²) in [7, 11) is 5.71. The van der Waals surface area contributed by atoms with Crippen LogP contribution in [0.1, 0.15) is 17.2 Å². The van der Waals surface area contributed by atoms with Crippen LogP contribution >= 0.6 is 0 Å². The largest absolute Gasteiger partial charge is 0.354 e. The first-order chi connectivity index (χ1) is 11.6. The number of nitrogens with zero attached hydrogens (tertiary/aromatic N) is 2. The van der Waals surface area contributed by atoms with E-state index in [1.807, 2.05) is 38.4 Å². The summed E-state index contributed by atoms with van der Waals surface area (Å²) in [5, 5.41) is 6.60. The van der Waals surface area contributed by atoms with E-state index < -0.39 is 0 Å². The zero-order chi connectivity index (χ0) is 17.4. The number of benzene rings is 2. The molecule has 4 nitrogen and oxygen atoms in total. The van der Waals surface area contributed by atoms with E-state index in [-0.39, 0.29) is 11.9 Å². The Labute approximate surface area is 143 Å². The molecule has 2 aromatic rings. The van der Waals surface area contributed by atoms with Crippen molar-refractivity contribution in [3.8, 4) is 0 Å². The topological polar surface area (TPSA) is 39.7 Å². The molecule has 0 heterocycles. The molecule has 0 saturated carbocycles. The Morgan fingerprint density at radius 2 is 1.83 bits per heavy atom. The van der Waals surface area contributed by atoms with Gasteiger partial charge in [-0.2, -0.15) is 0 Å². The molecule has 2 N–H and O–H groups in total. The van der Waals surface area contributed by atoms with E-state index in [4.69, 9.17) is 0 Å². The van der Waals surface area contributed by atoms with Gasteiger partial charge in [0.15, 0.2) is 5.96 Å². The van der Waals surface area contributed by atoms with E-state index in [0.29, 0.717) is 13.1 Å². The van der Waals surface area contributed by atoms with E-state index in [1.165, 1.54) is 11.6 Å². The van der Waals surface area contributed by atoms with Gasteiger partial charge >= 0.3 is 0 Å². The highest BCUT2D eigenvalue weighted by molar-refractivity contribution is 5.79. The summed E-state index contributed by atoms with van der Waals surface area (Å²) in [6.45, 7) is 1.33. The first-order valence-electron chi connectivity index (χ1n) is 8.00. The average Bonchev–Trinajstić information content (AvgIpc) is 2.58. The number of nitrogens with one attached hydrogen (secondary N) is 2. The molecule has 0 amide bonds. The zero-order valence-corrected chi connectivity index (χ0v) is 14.5. The number of hydrogen-bond donors (Lipinski definition) is 2. The van der Waals surface area contributed by atoms with Gasteiger partial charge in [-0.05, 0) is 37.4 Å². The Bertz CT molecular complexity index is 655. The molecule has 24 heavy (non-hydrogen) atoms. The van der Waals surface area contributed by atoms with Crippen LogP contribution in [0.4, 0.5) is 4.39 Å². The molecule has 1 atom stereocenters. The number of rotatable bonds is 6. The molecule has 0 bridgehead atoms. The summed E-state index contributed by atoms with van der Waals surface area (Å²) in [5.74, 6) is 0.507. The van der Waals surface area contributed by atoms with Gasteiger partial charge in [0.1, 0.15) is 5.82 Å². The lowest BCUT2D eigenvalue weighted by atomic mass is 10.1. The van der Waals surface area contributed by atoms with Crippen molar-refractivity contribution in [2.24, 2.45) is 4.99 Å². The third-order valence-electron chi connectivity index (χ3n) is 3.85. The van der Waals surface area contributed by atoms with Gasteiger partial charge in [0.25, 0.3) is 0 Å². The summed E-state index contributed by atoms with van der Waals surface area (Å²) in [6.07, 6.45) is 0. The number of hydrogen-bond acceptors (Lipinski definition) is 2. The van der Waals surface area contributed by atoms with Crippen LogP contribution in [-0.2, 0) is 6.54 Å². The molecule has 0 spiro atoms. The molecule has 0 fully saturated rings. The monoisotopic (exact) mass is 328 g/mol. The maximum absolute atomic E-state index is 13.5. The van der Waals surface area contributed by atoms with Crippen molar-refractivity contribution in [1.82, 2.24) is 15.5 Å². The fraction of sp³-hybridized carbons (Fsp3) is 0.316. The van der Waals surface area contributed by atoms with Crippen LogP contribution in [0.15, 0.2) is 59.6 Å². The van der Waals surface area contributed by atoms with Gasteiger partial charge in [-0.3, -0.25) is 4.99 Å². The minimum absolute atomic E-state index is 0.0518. The smallest absolute Gasteiger partial charge is 0.191 e. The Balaban J connectivity index is 1.94. The van der Waals surface area contributed by atoms with Gasteiger partial charge in [-0.25, -0.2) is 4.39 Å². The molecule has 0 radical (unpaired) electrons. The van der Waals surface area contributed by atoms with E-state index >= 15 is 0 Å². The van der Waals surface area contributed by atoms with Gasteiger partial charge in [0.05, 0.1) is 6.04 Å². The first-order valence-corrected chi connectivity index (χ1v) is 8.00. The lowest BCUT2D eigenvalue weighted by Gasteiger charge is -2.26. The molecule has 0 aromatic heterocycles. The number of guanidine groups is 1. The van der Waals surface area contributed by atoms with Crippen molar-refractivity contribution < 1.29 is 4.39 Å². The van der Waals surface area contributed by atoms with Crippen LogP contribution in [0.3, 0.4) is 0 Å². The fourth-order valence-electron chi connectivity index (χ4n) is 2.51. The van der Waals surface area contributed by atoms with Gasteiger partial charge in [-0.1, -0.05) is 42.5 Å². The third-order valence-corrected chi connectivity index (χ3v) is 3.85. The molecule has 5 heteroatoms. The summed E-state index contributed by atoms with van der Waals surface area (Å²) >= 11 is 0. The van der Waals surface area contributed by atoms with Gasteiger partial charge in [0.2, 0.25) is 0 Å². The number of halogens is 1. The van der Waals surface area contributed by atoms with E-state index in [1.54, 1.807) is 19.2 Å². The minimum Gasteiger partial charge on any atom is -0.354 e. The number of aliphatic imine (C=N–C) groups is 1. The van der Waals surface area contributed by atoms with E-state index in [0.717, 1.165) is 11.5 Å². The summed E-state index contributed by atoms with van der Waals surface area (Å²) in [5.41, 5.74) is 2.13. The molecular formula is C19H25FN4. The van der Waals surface area contributed by atoms with Crippen LogP contribution in [0.5, 0.6) is 0 Å². The van der Waals surface area contributed by atoms with Crippen LogP contribution in [0, 0.1) is 5.82 Å². The zero-order valence-electron chi connectivity index (χ0n) is 14.5. The summed E-state index contributed by atoms with van der Waals surface area (Å²) in [4.78, 5) is 6.31. The summed E-state index contributed by atoms with van der Waals surface area (Å²) in [6, 6.07) is 16.9. The van der Waals surface area contributed by atoms with Crippen molar-refractivity contribution in [2.45, 2.75) is 12.6 Å². The molecule has 0 saturated heterocycles. The SMILES string of the molecule is CN=C(NCc1ccccc1)NCC(c1cccc(F)c1)N(C)C. The highest BCUT2D eigenvalue weighted by Crippen LogP contribution is 2.18. The summed E-state index contributed by atoms with van der Waals surface area (Å²) < 4.78 is 13.5. The van der Waals surface area contributed by atoms with E-state index in [9.17, 15) is 4.39 Å². The van der Waals surface area contributed by atoms with Crippen LogP contribution in [0.2, 0.25) is 0 Å². The number of likely N-dealkylation sites (N-methyl/N-ethyl adjacent to an activating group) is 1. The van der Waals surface area contributed by atoms with Crippen molar-refractivity contribution in [1.29, 1.82) is 0 Å². The molecule has 2 aromatic carbocycles. The Hall–Kier alpha value is -2.40. The van der Waals surface area contributed by atoms with Gasteiger partial charge < -0.3 is 15.5 Å². The molecule has 0 aliphatic rings. The average molecular weight is 328 g/mol. The Morgan fingerprint density at radius 3 is 2.46 bits per heavy atom. The van der Waals surface area contributed by atoms with Crippen molar-refractivity contribution >= 4 is 5.96 Å². The second-order valence-electron chi connectivity index (χ2n) is 5.83. The first kappa shape index (κ1) is 17.9. The fourth-order valence-corrected chi connectivity index (χ4v) is 2.51. The van der Waals surface area contributed by atoms with E-state index in [2.05, 4.69) is 32.7 Å². The standard InChI is InChI=1S/C19H25FN4/c1-21-19(22-13-15-8-5-4-6-9-15)23-14-18(24(2)3)16-10-7-11-17(20)12-16/h4-12,18H,13-14H2,1-3H3,(H2,21,22,23). The third kappa shape index (κ3) is 5.35. The lowest BCUT2D eigenvalue weighted by Crippen LogP contribution is -2.41. The molecule has 2 rings (SSSR count). The molecule has 0 aliphatic heterocycles. The highest BCUT2D eigenvalue weighted by atomic mass is 19.1. The predicted molar refractivity (Wildman–Crippen MR) is 97.5 cm³/mol. The maximum Gasteiger partial charge on any atom is 0.191 e. The Kier molecular flexibility index (Phi) is 6.75. The second kappa shape index (κ2) is 9.03.